The van der Waals surface area contributed by atoms with Crippen molar-refractivity contribution in [3.05, 3.63) is 65.2 Å². The van der Waals surface area contributed by atoms with Gasteiger partial charge in [0.2, 0.25) is 0 Å². The molecule has 0 radical (unpaired) electrons. The Balaban J connectivity index is 2.10. The third-order valence-electron chi connectivity index (χ3n) is 3.49. The van der Waals surface area contributed by atoms with Crippen molar-refractivity contribution in [1.29, 1.82) is 0 Å². The molecule has 0 saturated carbocycles. The van der Waals surface area contributed by atoms with Crippen LogP contribution in [0.1, 0.15) is 35.3 Å². The van der Waals surface area contributed by atoms with Gasteiger partial charge in [0.05, 0.1) is 0 Å². The van der Waals surface area contributed by atoms with E-state index in [9.17, 15) is 4.79 Å². The molecule has 0 saturated heterocycles. The van der Waals surface area contributed by atoms with Crippen molar-refractivity contribution in [2.75, 3.05) is 5.73 Å². The van der Waals surface area contributed by atoms with Crippen molar-refractivity contribution < 1.29 is 4.79 Å². The summed E-state index contributed by atoms with van der Waals surface area (Å²) in [5.41, 5.74) is 9.07. The van der Waals surface area contributed by atoms with Gasteiger partial charge >= 0.3 is 0 Å². The van der Waals surface area contributed by atoms with Crippen molar-refractivity contribution in [2.24, 2.45) is 0 Å². The van der Waals surface area contributed by atoms with E-state index in [1.54, 1.807) is 24.3 Å². The van der Waals surface area contributed by atoms with E-state index >= 15 is 0 Å². The number of aryl methyl sites for hydroxylation is 1. The minimum atomic E-state index is -0.326. The Labute approximate surface area is 126 Å². The minimum absolute atomic E-state index is 0.0964. The molecule has 0 heterocycles. The average Bonchev–Trinajstić information content (AvgIpc) is 2.40. The molecular formula is C18H22N2O. The maximum Gasteiger partial charge on any atom is 0.251 e. The van der Waals surface area contributed by atoms with Crippen LogP contribution in [0.4, 0.5) is 5.69 Å². The Bertz CT molecular complexity index is 647. The zero-order chi connectivity index (χ0) is 15.5. The van der Waals surface area contributed by atoms with Gasteiger partial charge < -0.3 is 11.1 Å². The van der Waals surface area contributed by atoms with Gasteiger partial charge in [0.25, 0.3) is 5.91 Å². The van der Waals surface area contributed by atoms with Crippen molar-refractivity contribution >= 4 is 11.6 Å². The fourth-order valence-corrected chi connectivity index (χ4v) is 2.39. The molecule has 3 nitrogen and oxygen atoms in total. The van der Waals surface area contributed by atoms with Gasteiger partial charge in [-0.1, -0.05) is 30.3 Å². The summed E-state index contributed by atoms with van der Waals surface area (Å²) in [7, 11) is 0. The summed E-state index contributed by atoms with van der Waals surface area (Å²) in [6, 6.07) is 15.3. The second-order valence-corrected chi connectivity index (χ2v) is 6.07. The number of nitrogen functional groups attached to an aromatic ring is 1. The van der Waals surface area contributed by atoms with Crippen LogP contribution >= 0.6 is 0 Å². The van der Waals surface area contributed by atoms with Crippen LogP contribution in [0.3, 0.4) is 0 Å². The molecule has 0 fully saturated rings. The van der Waals surface area contributed by atoms with E-state index in [-0.39, 0.29) is 11.4 Å². The first-order valence-electron chi connectivity index (χ1n) is 7.10. The largest absolute Gasteiger partial charge is 0.399 e. The maximum absolute atomic E-state index is 12.3. The molecule has 0 aliphatic heterocycles. The normalized spacial score (nSPS) is 11.2. The van der Waals surface area contributed by atoms with Gasteiger partial charge in [-0.15, -0.1) is 0 Å². The third kappa shape index (κ3) is 4.09. The summed E-state index contributed by atoms with van der Waals surface area (Å²) in [5, 5.41) is 3.08. The number of rotatable bonds is 4. The summed E-state index contributed by atoms with van der Waals surface area (Å²) >= 11 is 0. The quantitative estimate of drug-likeness (QED) is 0.845. The van der Waals surface area contributed by atoms with Crippen LogP contribution in [0.25, 0.3) is 0 Å². The summed E-state index contributed by atoms with van der Waals surface area (Å²) in [6.07, 6.45) is 0.785. The first kappa shape index (κ1) is 15.1. The molecule has 110 valence electrons. The SMILES string of the molecule is Cc1ccccc1CC(C)(C)NC(=O)c1cccc(N)c1. The number of anilines is 1. The van der Waals surface area contributed by atoms with Crippen LogP contribution in [0.5, 0.6) is 0 Å². The molecule has 0 spiro atoms. The second-order valence-electron chi connectivity index (χ2n) is 6.07. The number of hydrogen-bond acceptors (Lipinski definition) is 2. The average molecular weight is 282 g/mol. The summed E-state index contributed by atoms with van der Waals surface area (Å²) in [6.45, 7) is 6.15. The molecular weight excluding hydrogens is 260 g/mol. The van der Waals surface area contributed by atoms with Crippen LogP contribution < -0.4 is 11.1 Å². The standard InChI is InChI=1S/C18H22N2O/c1-13-7-4-5-8-15(13)12-18(2,3)20-17(21)14-9-6-10-16(19)11-14/h4-11H,12,19H2,1-3H3,(H,20,21). The second kappa shape index (κ2) is 6.00. The number of nitrogens with two attached hydrogens (primary N) is 1. The lowest BCUT2D eigenvalue weighted by atomic mass is 9.92. The monoisotopic (exact) mass is 282 g/mol. The van der Waals surface area contributed by atoms with E-state index in [0.717, 1.165) is 6.42 Å². The number of carbonyl (C=O) groups excluding carboxylic acids is 1. The van der Waals surface area contributed by atoms with Gasteiger partial charge in [0, 0.05) is 16.8 Å². The lowest BCUT2D eigenvalue weighted by Crippen LogP contribution is -2.45. The lowest BCUT2D eigenvalue weighted by molar-refractivity contribution is 0.0913. The Morgan fingerprint density at radius 2 is 1.86 bits per heavy atom. The van der Waals surface area contributed by atoms with E-state index in [1.165, 1.54) is 11.1 Å². The molecule has 2 aromatic rings. The number of carbonyl (C=O) groups is 1. The molecule has 2 aromatic carbocycles. The van der Waals surface area contributed by atoms with Crippen LogP contribution in [0.15, 0.2) is 48.5 Å². The Morgan fingerprint density at radius 1 is 1.14 bits per heavy atom. The highest BCUT2D eigenvalue weighted by Crippen LogP contribution is 2.17. The van der Waals surface area contributed by atoms with Gasteiger partial charge in [-0.25, -0.2) is 0 Å². The third-order valence-corrected chi connectivity index (χ3v) is 3.49. The van der Waals surface area contributed by atoms with Gasteiger partial charge in [0.15, 0.2) is 0 Å². The van der Waals surface area contributed by atoms with Gasteiger partial charge in [-0.05, 0) is 56.5 Å². The molecule has 0 aliphatic carbocycles. The smallest absolute Gasteiger partial charge is 0.251 e. The fraction of sp³-hybridized carbons (Fsp3) is 0.278. The lowest BCUT2D eigenvalue weighted by Gasteiger charge is -2.27. The van der Waals surface area contributed by atoms with Crippen LogP contribution in [0.2, 0.25) is 0 Å². The van der Waals surface area contributed by atoms with Crippen molar-refractivity contribution in [3.8, 4) is 0 Å². The van der Waals surface area contributed by atoms with Crippen LogP contribution in [0, 0.1) is 6.92 Å². The molecule has 1 amide bonds. The van der Waals surface area contributed by atoms with Crippen molar-refractivity contribution in [3.63, 3.8) is 0 Å². The topological polar surface area (TPSA) is 55.1 Å². The van der Waals surface area contributed by atoms with Crippen molar-refractivity contribution in [1.82, 2.24) is 5.32 Å². The predicted molar refractivity (Wildman–Crippen MR) is 87.3 cm³/mol. The summed E-state index contributed by atoms with van der Waals surface area (Å²) in [5.74, 6) is -0.0964. The van der Waals surface area contributed by atoms with E-state index in [2.05, 4.69) is 24.4 Å². The summed E-state index contributed by atoms with van der Waals surface area (Å²) < 4.78 is 0. The molecule has 0 unspecified atom stereocenters. The maximum atomic E-state index is 12.3. The minimum Gasteiger partial charge on any atom is -0.399 e. The number of amides is 1. The zero-order valence-corrected chi connectivity index (χ0v) is 12.8. The number of nitrogens with one attached hydrogen (secondary N) is 1. The van der Waals surface area contributed by atoms with Gasteiger partial charge in [-0.2, -0.15) is 0 Å². The molecule has 0 aliphatic rings. The number of benzene rings is 2. The molecule has 3 N–H and O–H groups in total. The Morgan fingerprint density at radius 3 is 2.52 bits per heavy atom. The molecule has 3 heteroatoms. The fourth-order valence-electron chi connectivity index (χ4n) is 2.39. The molecule has 21 heavy (non-hydrogen) atoms. The molecule has 0 aromatic heterocycles. The van der Waals surface area contributed by atoms with Gasteiger partial charge in [-0.3, -0.25) is 4.79 Å². The first-order valence-corrected chi connectivity index (χ1v) is 7.10. The van der Waals surface area contributed by atoms with Crippen LogP contribution in [-0.2, 0) is 6.42 Å². The molecule has 0 bridgehead atoms. The van der Waals surface area contributed by atoms with E-state index in [1.807, 2.05) is 26.0 Å². The molecule has 2 rings (SSSR count). The highest BCUT2D eigenvalue weighted by molar-refractivity contribution is 5.95. The highest BCUT2D eigenvalue weighted by atomic mass is 16.1. The van der Waals surface area contributed by atoms with E-state index < -0.39 is 0 Å². The first-order chi connectivity index (χ1) is 9.87. The van der Waals surface area contributed by atoms with Crippen molar-refractivity contribution in [2.45, 2.75) is 32.7 Å². The summed E-state index contributed by atoms with van der Waals surface area (Å²) in [4.78, 5) is 12.3. The van der Waals surface area contributed by atoms with E-state index in [0.29, 0.717) is 11.3 Å². The van der Waals surface area contributed by atoms with Crippen LogP contribution in [-0.4, -0.2) is 11.4 Å². The Hall–Kier alpha value is -2.29. The molecule has 0 atom stereocenters. The highest BCUT2D eigenvalue weighted by Gasteiger charge is 2.22. The van der Waals surface area contributed by atoms with E-state index in [4.69, 9.17) is 5.73 Å². The predicted octanol–water partition coefficient (Wildman–Crippen LogP) is 3.33. The number of hydrogen-bond donors (Lipinski definition) is 2. The van der Waals surface area contributed by atoms with Gasteiger partial charge in [0.1, 0.15) is 0 Å². The Kier molecular flexibility index (Phi) is 4.32. The zero-order valence-electron chi connectivity index (χ0n) is 12.8.